The van der Waals surface area contributed by atoms with Crippen molar-refractivity contribution in [2.24, 2.45) is 4.99 Å². The summed E-state index contributed by atoms with van der Waals surface area (Å²) in [6, 6.07) is 12.5. The van der Waals surface area contributed by atoms with Crippen LogP contribution in [-0.2, 0) is 4.79 Å². The van der Waals surface area contributed by atoms with Crippen molar-refractivity contribution in [2.75, 3.05) is 5.75 Å². The van der Waals surface area contributed by atoms with Gasteiger partial charge >= 0.3 is 0 Å². The van der Waals surface area contributed by atoms with Gasteiger partial charge < -0.3 is 0 Å². The second-order valence-electron chi connectivity index (χ2n) is 8.50. The van der Waals surface area contributed by atoms with E-state index in [4.69, 9.17) is 0 Å². The van der Waals surface area contributed by atoms with Crippen molar-refractivity contribution >= 4 is 39.7 Å². The highest BCUT2D eigenvalue weighted by molar-refractivity contribution is 7.99. The molecule has 0 saturated heterocycles. The predicted octanol–water partition coefficient (Wildman–Crippen LogP) is 7.47. The van der Waals surface area contributed by atoms with Gasteiger partial charge in [-0.05, 0) is 29.2 Å². The molecule has 0 aromatic heterocycles. The van der Waals surface area contributed by atoms with Crippen molar-refractivity contribution in [1.82, 2.24) is 0 Å². The molecule has 0 atom stereocenters. The Morgan fingerprint density at radius 2 is 1.61 bits per heavy atom. The van der Waals surface area contributed by atoms with E-state index in [0.717, 1.165) is 27.8 Å². The van der Waals surface area contributed by atoms with Gasteiger partial charge in [0.25, 0.3) is 5.91 Å². The first-order valence-corrected chi connectivity index (χ1v) is 12.7. The van der Waals surface area contributed by atoms with Crippen LogP contribution in [-0.4, -0.2) is 17.4 Å². The Bertz CT molecular complexity index is 1090. The quantitative estimate of drug-likeness (QED) is 0.259. The normalized spacial score (nSPS) is 14.3. The maximum absolute atomic E-state index is 12.1. The zero-order valence-corrected chi connectivity index (χ0v) is 19.2. The molecule has 2 aliphatic rings. The number of fused-ring (bicyclic) bond motifs is 3. The summed E-state index contributed by atoms with van der Waals surface area (Å²) in [6.45, 7) is 2.27. The smallest absolute Gasteiger partial charge is 0.266 e. The average Bonchev–Trinajstić information content (AvgIpc) is 3.27. The maximum atomic E-state index is 12.1. The lowest BCUT2D eigenvalue weighted by Crippen LogP contribution is -1.93. The third-order valence-electron chi connectivity index (χ3n) is 6.31. The van der Waals surface area contributed by atoms with Crippen LogP contribution in [0.5, 0.6) is 0 Å². The van der Waals surface area contributed by atoms with Gasteiger partial charge in [-0.25, -0.2) is 4.99 Å². The predicted molar refractivity (Wildman–Crippen MR) is 131 cm³/mol. The number of nitrogens with zero attached hydrogens (tertiary/aromatic N) is 2. The Morgan fingerprint density at radius 1 is 0.903 bits per heavy atom. The number of hydrogen-bond acceptors (Lipinski definition) is 3. The van der Waals surface area contributed by atoms with E-state index in [1.165, 1.54) is 74.5 Å². The molecule has 3 nitrogen and oxygen atoms in total. The van der Waals surface area contributed by atoms with Crippen LogP contribution in [0.4, 0.5) is 0 Å². The van der Waals surface area contributed by atoms with E-state index in [0.29, 0.717) is 5.71 Å². The molecule has 160 valence electrons. The number of thioether (sulfide) groups is 1. The molecule has 0 fully saturated rings. The number of rotatable bonds is 12. The Balaban J connectivity index is 1.33. The Hall–Kier alpha value is -2.38. The number of allylic oxidation sites excluding steroid dienone is 1. The Labute approximate surface area is 189 Å². The van der Waals surface area contributed by atoms with Gasteiger partial charge in [0.15, 0.2) is 0 Å². The highest BCUT2D eigenvalue weighted by atomic mass is 32.2. The molecule has 0 N–H and O–H groups in total. The van der Waals surface area contributed by atoms with Gasteiger partial charge in [0.05, 0.1) is 5.71 Å². The summed E-state index contributed by atoms with van der Waals surface area (Å²) in [5.74, 6) is 0.718. The summed E-state index contributed by atoms with van der Waals surface area (Å²) < 4.78 is 0. The van der Waals surface area contributed by atoms with Gasteiger partial charge in [-0.1, -0.05) is 89.0 Å². The van der Waals surface area contributed by atoms with Crippen LogP contribution in [0.2, 0.25) is 0 Å². The van der Waals surface area contributed by atoms with Crippen molar-refractivity contribution in [2.45, 2.75) is 76.0 Å². The summed E-state index contributed by atoms with van der Waals surface area (Å²) >= 11 is 1.92. The van der Waals surface area contributed by atoms with Crippen molar-refractivity contribution in [3.63, 3.8) is 0 Å². The molecule has 4 rings (SSSR count). The number of carbonyl (C=O) groups is 1. The zero-order valence-electron chi connectivity index (χ0n) is 18.4. The minimum Gasteiger partial charge on any atom is -0.266 e. The molecule has 0 bridgehead atoms. The highest BCUT2D eigenvalue weighted by Crippen LogP contribution is 2.45. The largest absolute Gasteiger partial charge is 0.288 e. The number of hydrogen-bond donors (Lipinski definition) is 0. The molecule has 31 heavy (non-hydrogen) atoms. The van der Waals surface area contributed by atoms with Crippen LogP contribution < -0.4 is 0 Å². The van der Waals surface area contributed by atoms with E-state index in [1.807, 2.05) is 23.9 Å². The summed E-state index contributed by atoms with van der Waals surface area (Å²) in [4.78, 5) is 17.5. The van der Waals surface area contributed by atoms with E-state index in [-0.39, 0.29) is 5.57 Å². The SMILES string of the molecule is CCCCCCCCCCCCSc1ccc2c3c(cccc13)C1=NC(=O)C(C#N)=C12. The molecule has 1 amide bonds. The number of aliphatic imine (C=N–C) groups is 1. The van der Waals surface area contributed by atoms with E-state index in [1.54, 1.807) is 0 Å². The molecule has 1 heterocycles. The molecule has 0 spiro atoms. The minimum atomic E-state index is -0.408. The molecule has 2 aromatic carbocycles. The summed E-state index contributed by atoms with van der Waals surface area (Å²) in [6.07, 6.45) is 13.6. The fourth-order valence-corrected chi connectivity index (χ4v) is 5.74. The molecule has 1 aliphatic heterocycles. The first-order valence-electron chi connectivity index (χ1n) is 11.7. The van der Waals surface area contributed by atoms with Gasteiger partial charge in [-0.15, -0.1) is 11.8 Å². The topological polar surface area (TPSA) is 53.2 Å². The van der Waals surface area contributed by atoms with Gasteiger partial charge in [-0.3, -0.25) is 4.79 Å². The summed E-state index contributed by atoms with van der Waals surface area (Å²) in [5.41, 5.74) is 3.56. The molecule has 4 heteroatoms. The van der Waals surface area contributed by atoms with Crippen LogP contribution in [0, 0.1) is 11.3 Å². The number of benzene rings is 2. The van der Waals surface area contributed by atoms with E-state index in [2.05, 4.69) is 36.2 Å². The van der Waals surface area contributed by atoms with E-state index in [9.17, 15) is 10.1 Å². The van der Waals surface area contributed by atoms with Crippen molar-refractivity contribution in [3.8, 4) is 6.07 Å². The fraction of sp³-hybridized carbons (Fsp3) is 0.444. The highest BCUT2D eigenvalue weighted by Gasteiger charge is 2.36. The van der Waals surface area contributed by atoms with Crippen LogP contribution >= 0.6 is 11.8 Å². The van der Waals surface area contributed by atoms with Crippen molar-refractivity contribution in [3.05, 3.63) is 47.0 Å². The lowest BCUT2D eigenvalue weighted by atomic mass is 10.0. The monoisotopic (exact) mass is 430 g/mol. The molecular formula is C27H30N2OS. The minimum absolute atomic E-state index is 0.179. The third kappa shape index (κ3) is 4.48. The zero-order chi connectivity index (χ0) is 21.6. The van der Waals surface area contributed by atoms with Gasteiger partial charge in [0.1, 0.15) is 11.6 Å². The average molecular weight is 431 g/mol. The number of nitriles is 1. The van der Waals surface area contributed by atoms with Crippen LogP contribution in [0.1, 0.15) is 82.3 Å². The standard InChI is InChI=1S/C27H30N2OS/c1-2-3-4-5-6-7-8-9-10-11-17-31-23-16-15-20-24-19(23)13-12-14-21(24)26-25(20)22(18-28)27(30)29-26/h12-16H,2-11,17H2,1H3. The molecular weight excluding hydrogens is 400 g/mol. The summed E-state index contributed by atoms with van der Waals surface area (Å²) in [7, 11) is 0. The lowest BCUT2D eigenvalue weighted by Gasteiger charge is -2.09. The van der Waals surface area contributed by atoms with Crippen LogP contribution in [0.3, 0.4) is 0 Å². The van der Waals surface area contributed by atoms with Gasteiger partial charge in [0, 0.05) is 21.4 Å². The van der Waals surface area contributed by atoms with Gasteiger partial charge in [0.2, 0.25) is 0 Å². The maximum Gasteiger partial charge on any atom is 0.288 e. The molecule has 1 aliphatic carbocycles. The van der Waals surface area contributed by atoms with Crippen LogP contribution in [0.25, 0.3) is 16.3 Å². The van der Waals surface area contributed by atoms with Crippen molar-refractivity contribution < 1.29 is 4.79 Å². The van der Waals surface area contributed by atoms with E-state index < -0.39 is 5.91 Å². The number of carbonyl (C=O) groups excluding carboxylic acids is 1. The third-order valence-corrected chi connectivity index (χ3v) is 7.47. The lowest BCUT2D eigenvalue weighted by molar-refractivity contribution is -0.113. The Kier molecular flexibility index (Phi) is 7.25. The second kappa shape index (κ2) is 10.3. The summed E-state index contributed by atoms with van der Waals surface area (Å²) in [5, 5.41) is 11.8. The molecule has 2 aromatic rings. The van der Waals surface area contributed by atoms with Crippen molar-refractivity contribution in [1.29, 1.82) is 5.26 Å². The van der Waals surface area contributed by atoms with E-state index >= 15 is 0 Å². The Morgan fingerprint density at radius 3 is 2.32 bits per heavy atom. The first kappa shape index (κ1) is 21.8. The number of unbranched alkanes of at least 4 members (excludes halogenated alkanes) is 9. The molecule has 0 saturated carbocycles. The molecule has 0 unspecified atom stereocenters. The second-order valence-corrected chi connectivity index (χ2v) is 9.63. The number of amides is 1. The van der Waals surface area contributed by atoms with Gasteiger partial charge in [-0.2, -0.15) is 5.26 Å². The van der Waals surface area contributed by atoms with Crippen LogP contribution in [0.15, 0.2) is 45.8 Å². The molecule has 0 radical (unpaired) electrons. The first-order chi connectivity index (χ1) is 15.3. The fourth-order valence-electron chi connectivity index (χ4n) is 4.68.